The number of amides is 2. The molecule has 2 fully saturated rings. The van der Waals surface area contributed by atoms with Crippen molar-refractivity contribution in [2.75, 3.05) is 19.6 Å². The fourth-order valence-corrected chi connectivity index (χ4v) is 3.04. The topological polar surface area (TPSA) is 60.9 Å². The molecule has 1 atom stereocenters. The van der Waals surface area contributed by atoms with Crippen molar-refractivity contribution in [3.05, 3.63) is 29.8 Å². The lowest BCUT2D eigenvalue weighted by atomic mass is 10.1. The van der Waals surface area contributed by atoms with Crippen molar-refractivity contribution in [3.8, 4) is 5.75 Å². The van der Waals surface area contributed by atoms with Crippen LogP contribution in [0.4, 0.5) is 0 Å². The number of carbonyl (C=O) groups excluding carboxylic acids is 2. The van der Waals surface area contributed by atoms with Gasteiger partial charge >= 0.3 is 0 Å². The standard InChI is InChI=1S/C15H18N2O3/c18-13-3-1-2-11(8-13)9-15(20)16-6-7-17-12(10-16)4-5-14(17)19/h1-3,8,12,18H,4-7,9-10H2/t12-/m1/s1. The minimum atomic E-state index is 0.0644. The average molecular weight is 274 g/mol. The number of fused-ring (bicyclic) bond motifs is 1. The maximum Gasteiger partial charge on any atom is 0.227 e. The second-order valence-electron chi connectivity index (χ2n) is 5.47. The Morgan fingerprint density at radius 2 is 2.20 bits per heavy atom. The van der Waals surface area contributed by atoms with Crippen molar-refractivity contribution in [3.63, 3.8) is 0 Å². The van der Waals surface area contributed by atoms with Gasteiger partial charge in [0.1, 0.15) is 5.75 Å². The van der Waals surface area contributed by atoms with E-state index in [-0.39, 0.29) is 23.6 Å². The van der Waals surface area contributed by atoms with Crippen LogP contribution >= 0.6 is 0 Å². The van der Waals surface area contributed by atoms with Gasteiger partial charge in [0.05, 0.1) is 6.42 Å². The van der Waals surface area contributed by atoms with Crippen LogP contribution in [0.25, 0.3) is 0 Å². The SMILES string of the molecule is O=C(Cc1cccc(O)c1)N1CCN2C(=O)CC[C@@H]2C1. The summed E-state index contributed by atoms with van der Waals surface area (Å²) in [5.41, 5.74) is 0.819. The van der Waals surface area contributed by atoms with E-state index >= 15 is 0 Å². The highest BCUT2D eigenvalue weighted by Crippen LogP contribution is 2.23. The van der Waals surface area contributed by atoms with Gasteiger partial charge in [-0.2, -0.15) is 0 Å². The van der Waals surface area contributed by atoms with Crippen LogP contribution in [0.3, 0.4) is 0 Å². The van der Waals surface area contributed by atoms with Crippen LogP contribution in [0.15, 0.2) is 24.3 Å². The predicted molar refractivity (Wildman–Crippen MR) is 73.1 cm³/mol. The summed E-state index contributed by atoms with van der Waals surface area (Å²) in [5.74, 6) is 0.464. The monoisotopic (exact) mass is 274 g/mol. The molecule has 5 nitrogen and oxygen atoms in total. The number of hydrogen-bond acceptors (Lipinski definition) is 3. The summed E-state index contributed by atoms with van der Waals surface area (Å²) in [6.45, 7) is 1.90. The highest BCUT2D eigenvalue weighted by Gasteiger charge is 2.36. The second kappa shape index (κ2) is 5.15. The van der Waals surface area contributed by atoms with Gasteiger partial charge in [-0.1, -0.05) is 12.1 Å². The van der Waals surface area contributed by atoms with Crippen molar-refractivity contribution in [1.29, 1.82) is 0 Å². The molecular weight excluding hydrogens is 256 g/mol. The summed E-state index contributed by atoms with van der Waals surface area (Å²) in [6, 6.07) is 6.99. The third-order valence-electron chi connectivity index (χ3n) is 4.11. The number of phenols is 1. The van der Waals surface area contributed by atoms with Crippen molar-refractivity contribution in [2.24, 2.45) is 0 Å². The van der Waals surface area contributed by atoms with Crippen LogP contribution in [0.1, 0.15) is 18.4 Å². The molecule has 2 aliphatic rings. The van der Waals surface area contributed by atoms with Gasteiger partial charge in [-0.3, -0.25) is 9.59 Å². The summed E-state index contributed by atoms with van der Waals surface area (Å²) in [7, 11) is 0. The first kappa shape index (κ1) is 13.0. The van der Waals surface area contributed by atoms with Gasteiger partial charge in [-0.05, 0) is 24.1 Å². The second-order valence-corrected chi connectivity index (χ2v) is 5.47. The maximum atomic E-state index is 12.3. The lowest BCUT2D eigenvalue weighted by Crippen LogP contribution is -2.53. The molecule has 1 N–H and O–H groups in total. The number of aromatic hydroxyl groups is 1. The van der Waals surface area contributed by atoms with Crippen LogP contribution in [0.2, 0.25) is 0 Å². The molecule has 2 amide bonds. The maximum absolute atomic E-state index is 12.3. The number of nitrogens with zero attached hydrogens (tertiary/aromatic N) is 2. The molecule has 0 spiro atoms. The van der Waals surface area contributed by atoms with E-state index in [2.05, 4.69) is 0 Å². The van der Waals surface area contributed by atoms with E-state index in [1.807, 2.05) is 15.9 Å². The number of hydrogen-bond donors (Lipinski definition) is 1. The lowest BCUT2D eigenvalue weighted by Gasteiger charge is -2.37. The number of carbonyl (C=O) groups is 2. The number of benzene rings is 1. The molecule has 2 saturated heterocycles. The van der Waals surface area contributed by atoms with Gasteiger partial charge < -0.3 is 14.9 Å². The highest BCUT2D eigenvalue weighted by molar-refractivity contribution is 5.81. The third kappa shape index (κ3) is 2.48. The van der Waals surface area contributed by atoms with E-state index in [1.54, 1.807) is 18.2 Å². The molecule has 1 aromatic carbocycles. The lowest BCUT2D eigenvalue weighted by molar-refractivity contribution is -0.138. The van der Waals surface area contributed by atoms with Crippen LogP contribution < -0.4 is 0 Å². The molecule has 2 aliphatic heterocycles. The normalized spacial score (nSPS) is 22.0. The molecule has 0 aliphatic carbocycles. The van der Waals surface area contributed by atoms with Gasteiger partial charge in [0.25, 0.3) is 0 Å². The van der Waals surface area contributed by atoms with Crippen molar-refractivity contribution in [1.82, 2.24) is 9.80 Å². The Morgan fingerprint density at radius 3 is 3.00 bits per heavy atom. The number of piperazine rings is 1. The predicted octanol–water partition coefficient (Wildman–Crippen LogP) is 0.768. The van der Waals surface area contributed by atoms with Crippen molar-refractivity contribution >= 4 is 11.8 Å². The summed E-state index contributed by atoms with van der Waals surface area (Å²) < 4.78 is 0. The summed E-state index contributed by atoms with van der Waals surface area (Å²) in [5, 5.41) is 9.42. The van der Waals surface area contributed by atoms with Gasteiger partial charge in [0, 0.05) is 32.1 Å². The zero-order chi connectivity index (χ0) is 14.1. The van der Waals surface area contributed by atoms with E-state index in [4.69, 9.17) is 0 Å². The van der Waals surface area contributed by atoms with Gasteiger partial charge in [-0.25, -0.2) is 0 Å². The van der Waals surface area contributed by atoms with Gasteiger partial charge in [0.2, 0.25) is 11.8 Å². The van der Waals surface area contributed by atoms with E-state index in [0.717, 1.165) is 12.0 Å². The molecular formula is C15H18N2O3. The molecule has 0 saturated carbocycles. The Morgan fingerprint density at radius 1 is 1.35 bits per heavy atom. The molecule has 0 unspecified atom stereocenters. The molecule has 106 valence electrons. The molecule has 20 heavy (non-hydrogen) atoms. The first-order valence-corrected chi connectivity index (χ1v) is 6.98. The van der Waals surface area contributed by atoms with Gasteiger partial charge in [0.15, 0.2) is 0 Å². The van der Waals surface area contributed by atoms with Crippen molar-refractivity contribution < 1.29 is 14.7 Å². The first-order chi connectivity index (χ1) is 9.63. The number of phenolic OH excluding ortho intramolecular Hbond substituents is 1. The molecule has 1 aromatic rings. The zero-order valence-electron chi connectivity index (χ0n) is 11.3. The highest BCUT2D eigenvalue weighted by atomic mass is 16.3. The largest absolute Gasteiger partial charge is 0.508 e. The minimum Gasteiger partial charge on any atom is -0.508 e. The summed E-state index contributed by atoms with van der Waals surface area (Å²) in [4.78, 5) is 27.6. The molecule has 2 heterocycles. The van der Waals surface area contributed by atoms with Crippen LogP contribution in [0, 0.1) is 0 Å². The van der Waals surface area contributed by atoms with Gasteiger partial charge in [-0.15, -0.1) is 0 Å². The Balaban J connectivity index is 1.62. The molecule has 5 heteroatoms. The summed E-state index contributed by atoms with van der Waals surface area (Å²) >= 11 is 0. The van der Waals surface area contributed by atoms with E-state index in [1.165, 1.54) is 0 Å². The fraction of sp³-hybridized carbons (Fsp3) is 0.467. The average Bonchev–Trinajstić information content (AvgIpc) is 2.80. The Hall–Kier alpha value is -2.04. The van der Waals surface area contributed by atoms with E-state index in [9.17, 15) is 14.7 Å². The smallest absolute Gasteiger partial charge is 0.227 e. The molecule has 0 bridgehead atoms. The van der Waals surface area contributed by atoms with Crippen LogP contribution in [-0.2, 0) is 16.0 Å². The Kier molecular flexibility index (Phi) is 3.34. The number of rotatable bonds is 2. The molecule has 3 rings (SSSR count). The summed E-state index contributed by atoms with van der Waals surface area (Å²) in [6.07, 6.45) is 1.77. The third-order valence-corrected chi connectivity index (χ3v) is 4.11. The Labute approximate surface area is 117 Å². The van der Waals surface area contributed by atoms with Crippen LogP contribution in [0.5, 0.6) is 5.75 Å². The van der Waals surface area contributed by atoms with Crippen molar-refractivity contribution in [2.45, 2.75) is 25.3 Å². The Bertz CT molecular complexity index is 544. The fourth-order valence-electron chi connectivity index (χ4n) is 3.04. The van der Waals surface area contributed by atoms with E-state index in [0.29, 0.717) is 32.5 Å². The minimum absolute atomic E-state index is 0.0644. The van der Waals surface area contributed by atoms with E-state index < -0.39 is 0 Å². The molecule has 0 aromatic heterocycles. The van der Waals surface area contributed by atoms with Crippen LogP contribution in [-0.4, -0.2) is 52.4 Å². The zero-order valence-corrected chi connectivity index (χ0v) is 11.3. The molecule has 0 radical (unpaired) electrons. The quantitative estimate of drug-likeness (QED) is 0.866. The first-order valence-electron chi connectivity index (χ1n) is 6.98.